The van der Waals surface area contributed by atoms with Crippen molar-refractivity contribution in [3.8, 4) is 0 Å². The molecular weight excluding hydrogens is 180 g/mol. The Morgan fingerprint density at radius 2 is 1.93 bits per heavy atom. The van der Waals surface area contributed by atoms with E-state index in [-0.39, 0.29) is 6.61 Å². The lowest BCUT2D eigenvalue weighted by Crippen LogP contribution is -2.18. The van der Waals surface area contributed by atoms with Gasteiger partial charge in [0.25, 0.3) is 0 Å². The molecular formula is C11H14O3. The predicted octanol–water partition coefficient (Wildman–Crippen LogP) is 1.31. The van der Waals surface area contributed by atoms with Gasteiger partial charge in [0.05, 0.1) is 12.5 Å². The fourth-order valence-corrected chi connectivity index (χ4v) is 1.28. The van der Waals surface area contributed by atoms with Gasteiger partial charge < -0.3 is 10.2 Å². The predicted molar refractivity (Wildman–Crippen MR) is 53.0 cm³/mol. The highest BCUT2D eigenvalue weighted by molar-refractivity contribution is 5.70. The lowest BCUT2D eigenvalue weighted by Gasteiger charge is -2.08. The van der Waals surface area contributed by atoms with Crippen molar-refractivity contribution in [1.82, 2.24) is 0 Å². The van der Waals surface area contributed by atoms with Crippen molar-refractivity contribution in [2.24, 2.45) is 5.92 Å². The average molecular weight is 194 g/mol. The fraction of sp³-hybridized carbons (Fsp3) is 0.364. The summed E-state index contributed by atoms with van der Waals surface area (Å²) in [4.78, 5) is 10.6. The number of aliphatic carboxylic acids is 1. The number of benzene rings is 1. The normalized spacial score (nSPS) is 12.4. The summed E-state index contributed by atoms with van der Waals surface area (Å²) in [7, 11) is 0. The van der Waals surface area contributed by atoms with E-state index in [1.165, 1.54) is 0 Å². The molecule has 3 heteroatoms. The van der Waals surface area contributed by atoms with Gasteiger partial charge in [-0.15, -0.1) is 0 Å². The Balaban J connectivity index is 2.44. The van der Waals surface area contributed by atoms with Gasteiger partial charge in [0.15, 0.2) is 0 Å². The van der Waals surface area contributed by atoms with E-state index in [1.54, 1.807) is 0 Å². The first kappa shape index (κ1) is 10.7. The van der Waals surface area contributed by atoms with Gasteiger partial charge in [-0.3, -0.25) is 4.79 Å². The summed E-state index contributed by atoms with van der Waals surface area (Å²) in [6.07, 6.45) is 1.17. The first-order valence-corrected chi connectivity index (χ1v) is 4.61. The molecule has 0 heterocycles. The Labute approximate surface area is 83.0 Å². The van der Waals surface area contributed by atoms with E-state index in [2.05, 4.69) is 0 Å². The highest BCUT2D eigenvalue weighted by atomic mass is 16.4. The molecule has 1 aromatic carbocycles. The van der Waals surface area contributed by atoms with Gasteiger partial charge in [-0.2, -0.15) is 0 Å². The zero-order valence-corrected chi connectivity index (χ0v) is 7.89. The van der Waals surface area contributed by atoms with Crippen LogP contribution in [0.5, 0.6) is 0 Å². The maximum Gasteiger partial charge on any atom is 0.308 e. The molecule has 0 aliphatic heterocycles. The fourth-order valence-electron chi connectivity index (χ4n) is 1.28. The van der Waals surface area contributed by atoms with Crippen molar-refractivity contribution in [2.45, 2.75) is 12.8 Å². The maximum atomic E-state index is 10.6. The molecule has 1 rings (SSSR count). The molecule has 14 heavy (non-hydrogen) atoms. The van der Waals surface area contributed by atoms with E-state index in [1.807, 2.05) is 30.3 Å². The molecule has 0 saturated heterocycles. The highest BCUT2D eigenvalue weighted by Gasteiger charge is 2.15. The molecule has 0 spiro atoms. The van der Waals surface area contributed by atoms with Gasteiger partial charge in [-0.1, -0.05) is 30.3 Å². The van der Waals surface area contributed by atoms with Crippen molar-refractivity contribution in [1.29, 1.82) is 0 Å². The molecule has 0 bridgehead atoms. The van der Waals surface area contributed by atoms with Crippen LogP contribution in [0.1, 0.15) is 12.0 Å². The van der Waals surface area contributed by atoms with Crippen LogP contribution in [0.4, 0.5) is 0 Å². The van der Waals surface area contributed by atoms with Crippen molar-refractivity contribution in [3.05, 3.63) is 35.9 Å². The summed E-state index contributed by atoms with van der Waals surface area (Å²) in [5, 5.41) is 17.5. The molecule has 0 aliphatic rings. The van der Waals surface area contributed by atoms with E-state index in [0.717, 1.165) is 5.56 Å². The summed E-state index contributed by atoms with van der Waals surface area (Å²) in [6, 6.07) is 9.67. The second-order valence-corrected chi connectivity index (χ2v) is 3.24. The number of rotatable bonds is 5. The van der Waals surface area contributed by atoms with E-state index in [0.29, 0.717) is 12.8 Å². The monoisotopic (exact) mass is 194 g/mol. The van der Waals surface area contributed by atoms with Crippen LogP contribution in [-0.2, 0) is 11.2 Å². The molecule has 0 saturated carbocycles. The molecule has 0 amide bonds. The van der Waals surface area contributed by atoms with Crippen molar-refractivity contribution < 1.29 is 15.0 Å². The number of carboxylic acid groups (broad SMARTS) is 1. The number of aryl methyl sites for hydroxylation is 1. The first-order chi connectivity index (χ1) is 6.74. The maximum absolute atomic E-state index is 10.6. The van der Waals surface area contributed by atoms with Gasteiger partial charge in [0.2, 0.25) is 0 Å². The summed E-state index contributed by atoms with van der Waals surface area (Å²) >= 11 is 0. The van der Waals surface area contributed by atoms with Crippen LogP contribution in [0.25, 0.3) is 0 Å². The van der Waals surface area contributed by atoms with Gasteiger partial charge in [0.1, 0.15) is 0 Å². The van der Waals surface area contributed by atoms with Gasteiger partial charge in [-0.05, 0) is 18.4 Å². The Morgan fingerprint density at radius 1 is 1.29 bits per heavy atom. The number of aliphatic hydroxyl groups excluding tert-OH is 1. The summed E-state index contributed by atoms with van der Waals surface area (Å²) < 4.78 is 0. The quantitative estimate of drug-likeness (QED) is 0.743. The molecule has 0 radical (unpaired) electrons. The van der Waals surface area contributed by atoms with Crippen molar-refractivity contribution in [2.75, 3.05) is 6.61 Å². The van der Waals surface area contributed by atoms with Crippen LogP contribution < -0.4 is 0 Å². The van der Waals surface area contributed by atoms with Crippen LogP contribution in [0, 0.1) is 5.92 Å². The Bertz CT molecular complexity index is 282. The van der Waals surface area contributed by atoms with Crippen molar-refractivity contribution >= 4 is 5.97 Å². The first-order valence-electron chi connectivity index (χ1n) is 4.61. The standard InChI is InChI=1S/C11H14O3/c12-8-10(11(13)14)7-6-9-4-2-1-3-5-9/h1-5,10,12H,6-8H2,(H,13,14). The second-order valence-electron chi connectivity index (χ2n) is 3.24. The number of aliphatic hydroxyl groups is 1. The molecule has 0 fully saturated rings. The zero-order chi connectivity index (χ0) is 10.4. The van der Waals surface area contributed by atoms with Gasteiger partial charge in [-0.25, -0.2) is 0 Å². The topological polar surface area (TPSA) is 57.5 Å². The third-order valence-corrected chi connectivity index (χ3v) is 2.19. The lowest BCUT2D eigenvalue weighted by molar-refractivity contribution is -0.143. The molecule has 0 aliphatic carbocycles. The molecule has 76 valence electrons. The van der Waals surface area contributed by atoms with Crippen LogP contribution in [0.15, 0.2) is 30.3 Å². The van der Waals surface area contributed by atoms with E-state index < -0.39 is 11.9 Å². The molecule has 3 nitrogen and oxygen atoms in total. The van der Waals surface area contributed by atoms with Crippen LogP contribution >= 0.6 is 0 Å². The Morgan fingerprint density at radius 3 is 2.43 bits per heavy atom. The minimum atomic E-state index is -0.927. The van der Waals surface area contributed by atoms with E-state index in [4.69, 9.17) is 10.2 Å². The molecule has 1 unspecified atom stereocenters. The van der Waals surface area contributed by atoms with E-state index in [9.17, 15) is 4.79 Å². The number of hydrogen-bond donors (Lipinski definition) is 2. The van der Waals surface area contributed by atoms with Crippen LogP contribution in [0.2, 0.25) is 0 Å². The van der Waals surface area contributed by atoms with Gasteiger partial charge in [0, 0.05) is 0 Å². The number of hydrogen-bond acceptors (Lipinski definition) is 2. The van der Waals surface area contributed by atoms with Crippen molar-refractivity contribution in [3.63, 3.8) is 0 Å². The SMILES string of the molecule is O=C(O)C(CO)CCc1ccccc1. The zero-order valence-electron chi connectivity index (χ0n) is 7.89. The van der Waals surface area contributed by atoms with Crippen LogP contribution in [0.3, 0.4) is 0 Å². The Kier molecular flexibility index (Phi) is 4.13. The molecule has 1 aromatic rings. The average Bonchev–Trinajstić information content (AvgIpc) is 2.20. The third kappa shape index (κ3) is 3.18. The second kappa shape index (κ2) is 5.40. The minimum Gasteiger partial charge on any atom is -0.481 e. The third-order valence-electron chi connectivity index (χ3n) is 2.19. The number of carbonyl (C=O) groups is 1. The smallest absolute Gasteiger partial charge is 0.308 e. The summed E-state index contributed by atoms with van der Waals surface area (Å²) in [6.45, 7) is -0.290. The molecule has 0 aromatic heterocycles. The number of carboxylic acids is 1. The molecule has 2 N–H and O–H groups in total. The van der Waals surface area contributed by atoms with Crippen LogP contribution in [-0.4, -0.2) is 22.8 Å². The summed E-state index contributed by atoms with van der Waals surface area (Å²) in [5.74, 6) is -1.57. The summed E-state index contributed by atoms with van der Waals surface area (Å²) in [5.41, 5.74) is 1.10. The lowest BCUT2D eigenvalue weighted by atomic mass is 10.0. The molecule has 1 atom stereocenters. The minimum absolute atomic E-state index is 0.290. The highest BCUT2D eigenvalue weighted by Crippen LogP contribution is 2.09. The van der Waals surface area contributed by atoms with E-state index >= 15 is 0 Å². The Hall–Kier alpha value is -1.35. The largest absolute Gasteiger partial charge is 0.481 e. The van der Waals surface area contributed by atoms with Gasteiger partial charge >= 0.3 is 5.97 Å².